The molecule has 17 heavy (non-hydrogen) atoms. The lowest BCUT2D eigenvalue weighted by molar-refractivity contribution is 0.318. The van der Waals surface area contributed by atoms with Crippen LogP contribution in [0.1, 0.15) is 12.2 Å². The second-order valence-corrected chi connectivity index (χ2v) is 4.59. The average molecular weight is 237 g/mol. The summed E-state index contributed by atoms with van der Waals surface area (Å²) in [6, 6.07) is 0.266. The fourth-order valence-corrected chi connectivity index (χ4v) is 1.90. The van der Waals surface area contributed by atoms with Crippen molar-refractivity contribution in [3.05, 3.63) is 5.82 Å². The molecular weight excluding hydrogens is 218 g/mol. The molecule has 1 aliphatic heterocycles. The van der Waals surface area contributed by atoms with Gasteiger partial charge in [0.05, 0.1) is 6.54 Å². The van der Waals surface area contributed by atoms with Gasteiger partial charge in [0, 0.05) is 33.2 Å². The Morgan fingerprint density at radius 2 is 2.12 bits per heavy atom. The molecule has 0 amide bonds. The summed E-state index contributed by atoms with van der Waals surface area (Å²) >= 11 is 0. The highest BCUT2D eigenvalue weighted by molar-refractivity contribution is 5.32. The van der Waals surface area contributed by atoms with Crippen molar-refractivity contribution in [2.75, 3.05) is 37.8 Å². The molecule has 7 nitrogen and oxygen atoms in total. The smallest absolute Gasteiger partial charge is 0.229 e. The second kappa shape index (κ2) is 4.80. The van der Waals surface area contributed by atoms with Crippen molar-refractivity contribution in [1.29, 1.82) is 0 Å². The van der Waals surface area contributed by atoms with E-state index < -0.39 is 0 Å². The van der Waals surface area contributed by atoms with Crippen molar-refractivity contribution in [1.82, 2.24) is 19.9 Å². The van der Waals surface area contributed by atoms with Gasteiger partial charge in [-0.1, -0.05) is 0 Å². The molecule has 1 aromatic rings. The normalized spacial score (nSPS) is 20.8. The molecule has 2 rings (SSSR count). The molecule has 0 spiro atoms. The summed E-state index contributed by atoms with van der Waals surface area (Å²) < 4.78 is 0. The Balaban J connectivity index is 2.10. The average Bonchev–Trinajstić information content (AvgIpc) is 2.63. The summed E-state index contributed by atoms with van der Waals surface area (Å²) in [6.45, 7) is 2.56. The van der Waals surface area contributed by atoms with E-state index in [1.165, 1.54) is 0 Å². The first-order valence-electron chi connectivity index (χ1n) is 5.70. The van der Waals surface area contributed by atoms with Crippen LogP contribution in [0.3, 0.4) is 0 Å². The molecule has 0 saturated carbocycles. The van der Waals surface area contributed by atoms with Gasteiger partial charge in [-0.15, -0.1) is 0 Å². The van der Waals surface area contributed by atoms with Crippen molar-refractivity contribution in [3.63, 3.8) is 0 Å². The minimum Gasteiger partial charge on any atom is -0.368 e. The fourth-order valence-electron chi connectivity index (χ4n) is 1.90. The van der Waals surface area contributed by atoms with E-state index in [0.29, 0.717) is 18.3 Å². The van der Waals surface area contributed by atoms with Crippen LogP contribution in [-0.4, -0.2) is 53.1 Å². The number of aromatic nitrogens is 3. The molecule has 7 heteroatoms. The van der Waals surface area contributed by atoms with Crippen molar-refractivity contribution in [2.45, 2.75) is 19.0 Å². The van der Waals surface area contributed by atoms with Gasteiger partial charge >= 0.3 is 0 Å². The van der Waals surface area contributed by atoms with E-state index >= 15 is 0 Å². The van der Waals surface area contributed by atoms with E-state index in [-0.39, 0.29) is 12.0 Å². The van der Waals surface area contributed by atoms with E-state index in [1.54, 1.807) is 0 Å². The molecule has 94 valence electrons. The third kappa shape index (κ3) is 3.01. The van der Waals surface area contributed by atoms with Crippen LogP contribution in [0.2, 0.25) is 0 Å². The second-order valence-electron chi connectivity index (χ2n) is 4.59. The zero-order valence-corrected chi connectivity index (χ0v) is 10.3. The van der Waals surface area contributed by atoms with Gasteiger partial charge in [0.25, 0.3) is 0 Å². The van der Waals surface area contributed by atoms with Crippen molar-refractivity contribution in [3.8, 4) is 0 Å². The Hall–Kier alpha value is -1.47. The molecule has 1 saturated heterocycles. The van der Waals surface area contributed by atoms with Crippen LogP contribution in [0.5, 0.6) is 0 Å². The molecule has 1 aromatic heterocycles. The van der Waals surface area contributed by atoms with Gasteiger partial charge in [-0.3, -0.25) is 4.90 Å². The number of anilines is 2. The minimum absolute atomic E-state index is 0.266. The predicted octanol–water partition coefficient (Wildman–Crippen LogP) is -0.947. The maximum absolute atomic E-state index is 5.86. The van der Waals surface area contributed by atoms with Crippen molar-refractivity contribution >= 4 is 11.9 Å². The lowest BCUT2D eigenvalue weighted by Crippen LogP contribution is -2.27. The number of hydrogen-bond donors (Lipinski definition) is 2. The van der Waals surface area contributed by atoms with Crippen molar-refractivity contribution in [2.24, 2.45) is 5.73 Å². The Morgan fingerprint density at radius 3 is 2.71 bits per heavy atom. The van der Waals surface area contributed by atoms with Gasteiger partial charge in [0.1, 0.15) is 5.82 Å². The van der Waals surface area contributed by atoms with Crippen LogP contribution in [0, 0.1) is 0 Å². The molecule has 0 aromatic carbocycles. The fraction of sp³-hybridized carbons (Fsp3) is 0.700. The third-order valence-corrected chi connectivity index (χ3v) is 2.76. The number of nitrogens with two attached hydrogens (primary N) is 2. The first-order chi connectivity index (χ1) is 8.04. The zero-order chi connectivity index (χ0) is 12.4. The van der Waals surface area contributed by atoms with Crippen LogP contribution in [0.15, 0.2) is 0 Å². The molecule has 0 radical (unpaired) electrons. The summed E-state index contributed by atoms with van der Waals surface area (Å²) in [6.07, 6.45) is 1.03. The van der Waals surface area contributed by atoms with E-state index in [9.17, 15) is 0 Å². The standard InChI is InChI=1S/C10H19N7/c1-16(2)10-14-8(13-9(12)15-10)6-17-4-3-7(11)5-17/h7H,3-6,11H2,1-2H3,(H2,12,13,14,15)/t7-/m1/s1. The minimum atomic E-state index is 0.266. The molecule has 4 N–H and O–H groups in total. The maximum Gasteiger partial charge on any atom is 0.229 e. The predicted molar refractivity (Wildman–Crippen MR) is 66.4 cm³/mol. The Morgan fingerprint density at radius 1 is 1.35 bits per heavy atom. The monoisotopic (exact) mass is 237 g/mol. The molecule has 1 fully saturated rings. The quantitative estimate of drug-likeness (QED) is 0.699. The third-order valence-electron chi connectivity index (χ3n) is 2.76. The Bertz CT molecular complexity index is 392. The Labute approximate surface area is 101 Å². The molecule has 0 unspecified atom stereocenters. The van der Waals surface area contributed by atoms with Crippen LogP contribution in [-0.2, 0) is 6.54 Å². The first-order valence-corrected chi connectivity index (χ1v) is 5.70. The lowest BCUT2D eigenvalue weighted by Gasteiger charge is -2.16. The van der Waals surface area contributed by atoms with Crippen LogP contribution in [0.25, 0.3) is 0 Å². The maximum atomic E-state index is 5.86. The van der Waals surface area contributed by atoms with Crippen LogP contribution < -0.4 is 16.4 Å². The molecule has 1 atom stereocenters. The van der Waals surface area contributed by atoms with E-state index in [2.05, 4.69) is 19.9 Å². The first kappa shape index (κ1) is 12.0. The number of nitrogen functional groups attached to an aromatic ring is 1. The number of nitrogens with zero attached hydrogens (tertiary/aromatic N) is 5. The van der Waals surface area contributed by atoms with E-state index in [0.717, 1.165) is 19.5 Å². The molecule has 0 bridgehead atoms. The summed E-state index contributed by atoms with van der Waals surface area (Å²) in [4.78, 5) is 16.6. The summed E-state index contributed by atoms with van der Waals surface area (Å²) in [7, 11) is 3.76. The Kier molecular flexibility index (Phi) is 3.39. The highest BCUT2D eigenvalue weighted by atomic mass is 15.3. The van der Waals surface area contributed by atoms with Crippen LogP contribution >= 0.6 is 0 Å². The van der Waals surface area contributed by atoms with E-state index in [1.807, 2.05) is 19.0 Å². The zero-order valence-electron chi connectivity index (χ0n) is 10.3. The number of likely N-dealkylation sites (tertiary alicyclic amines) is 1. The molecule has 1 aliphatic rings. The highest BCUT2D eigenvalue weighted by Crippen LogP contribution is 2.12. The summed E-state index contributed by atoms with van der Waals surface area (Å²) in [5.41, 5.74) is 11.5. The van der Waals surface area contributed by atoms with Crippen molar-refractivity contribution < 1.29 is 0 Å². The molecular formula is C10H19N7. The largest absolute Gasteiger partial charge is 0.368 e. The van der Waals surface area contributed by atoms with Gasteiger partial charge in [-0.05, 0) is 6.42 Å². The SMILES string of the molecule is CN(C)c1nc(N)nc(CN2CC[C@@H](N)C2)n1. The van der Waals surface area contributed by atoms with Gasteiger partial charge in [0.15, 0.2) is 0 Å². The van der Waals surface area contributed by atoms with E-state index in [4.69, 9.17) is 11.5 Å². The topological polar surface area (TPSA) is 97.2 Å². The highest BCUT2D eigenvalue weighted by Gasteiger charge is 2.20. The summed E-state index contributed by atoms with van der Waals surface area (Å²) in [5, 5.41) is 0. The van der Waals surface area contributed by atoms with Gasteiger partial charge in [0.2, 0.25) is 11.9 Å². The lowest BCUT2D eigenvalue weighted by atomic mass is 10.3. The van der Waals surface area contributed by atoms with Gasteiger partial charge in [-0.25, -0.2) is 0 Å². The number of rotatable bonds is 3. The van der Waals surface area contributed by atoms with Crippen LogP contribution in [0.4, 0.5) is 11.9 Å². The summed E-state index contributed by atoms with van der Waals surface area (Å²) in [5.74, 6) is 1.56. The molecule has 0 aliphatic carbocycles. The number of hydrogen-bond acceptors (Lipinski definition) is 7. The van der Waals surface area contributed by atoms with Gasteiger partial charge in [-0.2, -0.15) is 15.0 Å². The van der Waals surface area contributed by atoms with Gasteiger partial charge < -0.3 is 16.4 Å². The molecule has 2 heterocycles.